The lowest BCUT2D eigenvalue weighted by molar-refractivity contribution is -0.137. The number of nitrogens with zero attached hydrogens (tertiary/aromatic N) is 2. The van der Waals surface area contributed by atoms with Crippen LogP contribution in [-0.4, -0.2) is 49.0 Å². The minimum Gasteiger partial charge on any atom is -0.496 e. The van der Waals surface area contributed by atoms with Crippen molar-refractivity contribution in [1.82, 2.24) is 9.80 Å². The lowest BCUT2D eigenvalue weighted by atomic mass is 9.96. The molecule has 2 aromatic rings. The van der Waals surface area contributed by atoms with Gasteiger partial charge >= 0.3 is 6.18 Å². The maximum atomic E-state index is 12.7. The number of rotatable bonds is 4. The SMILES string of the molecule is COc1ccc(C(C)N2CCN(C(=O)c3ccc(C(F)(F)F)cc3)CC2)c(C)c1C. The fraction of sp³-hybridized carbons (Fsp3) is 0.435. The van der Waals surface area contributed by atoms with Crippen molar-refractivity contribution in [2.45, 2.75) is 33.0 Å². The first-order valence-corrected chi connectivity index (χ1v) is 9.98. The van der Waals surface area contributed by atoms with Gasteiger partial charge in [-0.1, -0.05) is 6.07 Å². The molecule has 1 atom stereocenters. The molecule has 0 N–H and O–H groups in total. The topological polar surface area (TPSA) is 32.8 Å². The molecule has 162 valence electrons. The smallest absolute Gasteiger partial charge is 0.416 e. The Morgan fingerprint density at radius 2 is 1.57 bits per heavy atom. The van der Waals surface area contributed by atoms with Gasteiger partial charge in [0.15, 0.2) is 0 Å². The standard InChI is InChI=1S/C23H27F3N2O2/c1-15-16(2)21(30-4)10-9-20(15)17(3)27-11-13-28(14-12-27)22(29)18-5-7-19(8-6-18)23(24,25)26/h5-10,17H,11-14H2,1-4H3. The van der Waals surface area contributed by atoms with Crippen LogP contribution in [0, 0.1) is 13.8 Å². The van der Waals surface area contributed by atoms with Crippen LogP contribution in [0.5, 0.6) is 5.75 Å². The fourth-order valence-electron chi connectivity index (χ4n) is 3.98. The van der Waals surface area contributed by atoms with E-state index in [0.717, 1.165) is 23.4 Å². The molecule has 1 saturated heterocycles. The van der Waals surface area contributed by atoms with Crippen LogP contribution in [0.25, 0.3) is 0 Å². The molecule has 4 nitrogen and oxygen atoms in total. The zero-order chi connectivity index (χ0) is 22.1. The maximum Gasteiger partial charge on any atom is 0.416 e. The Labute approximate surface area is 175 Å². The van der Waals surface area contributed by atoms with E-state index in [0.29, 0.717) is 26.2 Å². The molecule has 7 heteroatoms. The van der Waals surface area contributed by atoms with Crippen molar-refractivity contribution in [2.75, 3.05) is 33.3 Å². The van der Waals surface area contributed by atoms with Crippen LogP contribution in [0.4, 0.5) is 13.2 Å². The van der Waals surface area contributed by atoms with Gasteiger partial charge in [-0.2, -0.15) is 13.2 Å². The predicted molar refractivity (Wildman–Crippen MR) is 110 cm³/mol. The van der Waals surface area contributed by atoms with Gasteiger partial charge in [0.1, 0.15) is 5.75 Å². The van der Waals surface area contributed by atoms with Crippen molar-refractivity contribution >= 4 is 5.91 Å². The number of piperazine rings is 1. The van der Waals surface area contributed by atoms with E-state index in [1.54, 1.807) is 12.0 Å². The molecular formula is C23H27F3N2O2. The first kappa shape index (κ1) is 22.2. The second-order valence-corrected chi connectivity index (χ2v) is 7.69. The van der Waals surface area contributed by atoms with Gasteiger partial charge in [0.05, 0.1) is 12.7 Å². The molecule has 0 bridgehead atoms. The van der Waals surface area contributed by atoms with Crippen LogP contribution < -0.4 is 4.74 Å². The lowest BCUT2D eigenvalue weighted by Gasteiger charge is -2.39. The molecule has 3 rings (SSSR count). The molecule has 1 aliphatic rings. The van der Waals surface area contributed by atoms with Crippen LogP contribution in [0.1, 0.15) is 45.6 Å². The molecule has 0 aromatic heterocycles. The number of carbonyl (C=O) groups is 1. The van der Waals surface area contributed by atoms with Gasteiger partial charge in [0.2, 0.25) is 0 Å². The third-order valence-electron chi connectivity index (χ3n) is 6.06. The highest BCUT2D eigenvalue weighted by atomic mass is 19.4. The lowest BCUT2D eigenvalue weighted by Crippen LogP contribution is -2.49. The summed E-state index contributed by atoms with van der Waals surface area (Å²) >= 11 is 0. The Morgan fingerprint density at radius 1 is 0.967 bits per heavy atom. The number of amides is 1. The van der Waals surface area contributed by atoms with Crippen LogP contribution in [0.3, 0.4) is 0 Å². The monoisotopic (exact) mass is 420 g/mol. The molecule has 2 aromatic carbocycles. The molecular weight excluding hydrogens is 393 g/mol. The van der Waals surface area contributed by atoms with E-state index < -0.39 is 11.7 Å². The van der Waals surface area contributed by atoms with Crippen molar-refractivity contribution in [3.63, 3.8) is 0 Å². The Bertz CT molecular complexity index is 902. The third kappa shape index (κ3) is 4.46. The zero-order valence-electron chi connectivity index (χ0n) is 17.7. The van der Waals surface area contributed by atoms with Crippen molar-refractivity contribution in [3.05, 3.63) is 64.2 Å². The molecule has 1 heterocycles. The quantitative estimate of drug-likeness (QED) is 0.709. The van der Waals surface area contributed by atoms with Crippen LogP contribution in [0.2, 0.25) is 0 Å². The summed E-state index contributed by atoms with van der Waals surface area (Å²) in [6, 6.07) is 8.69. The number of carbonyl (C=O) groups excluding carboxylic acids is 1. The van der Waals surface area contributed by atoms with Gasteiger partial charge in [0.25, 0.3) is 5.91 Å². The molecule has 30 heavy (non-hydrogen) atoms. The number of alkyl halides is 3. The number of ether oxygens (including phenoxy) is 1. The van der Waals surface area contributed by atoms with Crippen molar-refractivity contribution in [1.29, 1.82) is 0 Å². The number of hydrogen-bond donors (Lipinski definition) is 0. The largest absolute Gasteiger partial charge is 0.496 e. The van der Waals surface area contributed by atoms with E-state index in [2.05, 4.69) is 24.8 Å². The summed E-state index contributed by atoms with van der Waals surface area (Å²) in [5.41, 5.74) is 3.09. The molecule has 1 fully saturated rings. The molecule has 1 unspecified atom stereocenters. The van der Waals surface area contributed by atoms with E-state index in [-0.39, 0.29) is 17.5 Å². The summed E-state index contributed by atoms with van der Waals surface area (Å²) < 4.78 is 43.6. The first-order chi connectivity index (χ1) is 14.1. The Kier molecular flexibility index (Phi) is 6.41. The fourth-order valence-corrected chi connectivity index (χ4v) is 3.98. The highest BCUT2D eigenvalue weighted by molar-refractivity contribution is 5.94. The summed E-state index contributed by atoms with van der Waals surface area (Å²) in [6.07, 6.45) is -4.40. The molecule has 1 amide bonds. The summed E-state index contributed by atoms with van der Waals surface area (Å²) in [4.78, 5) is 16.7. The second kappa shape index (κ2) is 8.68. The zero-order valence-corrected chi connectivity index (χ0v) is 17.7. The summed E-state index contributed by atoms with van der Waals surface area (Å²) in [5.74, 6) is 0.642. The van der Waals surface area contributed by atoms with Gasteiger partial charge in [-0.05, 0) is 67.8 Å². The van der Waals surface area contributed by atoms with E-state index in [4.69, 9.17) is 4.74 Å². The normalized spacial score (nSPS) is 16.4. The first-order valence-electron chi connectivity index (χ1n) is 9.98. The van der Waals surface area contributed by atoms with Crippen molar-refractivity contribution in [2.24, 2.45) is 0 Å². The Hall–Kier alpha value is -2.54. The highest BCUT2D eigenvalue weighted by Gasteiger charge is 2.31. The molecule has 0 saturated carbocycles. The molecule has 0 spiro atoms. The Morgan fingerprint density at radius 3 is 2.10 bits per heavy atom. The van der Waals surface area contributed by atoms with Crippen LogP contribution in [0.15, 0.2) is 36.4 Å². The second-order valence-electron chi connectivity index (χ2n) is 7.69. The predicted octanol–water partition coefficient (Wildman–Crippen LogP) is 4.85. The van der Waals surface area contributed by atoms with E-state index in [1.807, 2.05) is 13.0 Å². The minimum absolute atomic E-state index is 0.193. The highest BCUT2D eigenvalue weighted by Crippen LogP contribution is 2.31. The van der Waals surface area contributed by atoms with Gasteiger partial charge in [-0.25, -0.2) is 0 Å². The van der Waals surface area contributed by atoms with Gasteiger partial charge in [0, 0.05) is 37.8 Å². The molecule has 1 aliphatic heterocycles. The van der Waals surface area contributed by atoms with E-state index in [1.165, 1.54) is 23.3 Å². The summed E-state index contributed by atoms with van der Waals surface area (Å²) in [5, 5.41) is 0. The van der Waals surface area contributed by atoms with Crippen LogP contribution >= 0.6 is 0 Å². The van der Waals surface area contributed by atoms with Gasteiger partial charge in [-0.15, -0.1) is 0 Å². The minimum atomic E-state index is -4.40. The average molecular weight is 420 g/mol. The van der Waals surface area contributed by atoms with Crippen molar-refractivity contribution < 1.29 is 22.7 Å². The third-order valence-corrected chi connectivity index (χ3v) is 6.06. The number of methoxy groups -OCH3 is 1. The average Bonchev–Trinajstić information content (AvgIpc) is 2.74. The maximum absolute atomic E-state index is 12.7. The van der Waals surface area contributed by atoms with Gasteiger partial charge in [-0.3, -0.25) is 9.69 Å². The number of hydrogen-bond acceptors (Lipinski definition) is 3. The van der Waals surface area contributed by atoms with E-state index >= 15 is 0 Å². The van der Waals surface area contributed by atoms with Crippen molar-refractivity contribution in [3.8, 4) is 5.75 Å². The summed E-state index contributed by atoms with van der Waals surface area (Å²) in [7, 11) is 1.66. The van der Waals surface area contributed by atoms with Crippen LogP contribution in [-0.2, 0) is 6.18 Å². The molecule has 0 aliphatic carbocycles. The Balaban J connectivity index is 1.64. The van der Waals surface area contributed by atoms with E-state index in [9.17, 15) is 18.0 Å². The number of benzene rings is 2. The summed E-state index contributed by atoms with van der Waals surface area (Å²) in [6.45, 7) is 8.79. The van der Waals surface area contributed by atoms with Gasteiger partial charge < -0.3 is 9.64 Å². The molecule has 0 radical (unpaired) electrons. The number of halogens is 3.